The summed E-state index contributed by atoms with van der Waals surface area (Å²) in [7, 11) is 1.25. The van der Waals surface area contributed by atoms with Gasteiger partial charge in [0.05, 0.1) is 12.6 Å². The molecular weight excluding hydrogens is 437 g/mol. The first kappa shape index (κ1) is 22.8. The van der Waals surface area contributed by atoms with Gasteiger partial charge in [0.1, 0.15) is 5.52 Å². The second-order valence-electron chi connectivity index (χ2n) is 8.20. The number of nitrogens with zero attached hydrogens (tertiary/aromatic N) is 3. The molecule has 176 valence electrons. The number of ether oxygens (including phenoxy) is 1. The third-order valence-electron chi connectivity index (χ3n) is 5.75. The Morgan fingerprint density at radius 1 is 1.18 bits per heavy atom. The molecule has 33 heavy (non-hydrogen) atoms. The van der Waals surface area contributed by atoms with Gasteiger partial charge in [-0.25, -0.2) is 27.9 Å². The van der Waals surface area contributed by atoms with Crippen LogP contribution in [0.15, 0.2) is 12.1 Å². The monoisotopic (exact) mass is 462 g/mol. The molecule has 0 atom stereocenters. The average Bonchev–Trinajstić information content (AvgIpc) is 3.09. The van der Waals surface area contributed by atoms with E-state index in [0.29, 0.717) is 6.07 Å². The minimum absolute atomic E-state index is 0.0453. The average molecular weight is 462 g/mol. The number of urea groups is 1. The van der Waals surface area contributed by atoms with Crippen LogP contribution in [0.4, 0.5) is 23.8 Å². The van der Waals surface area contributed by atoms with Gasteiger partial charge in [-0.05, 0) is 38.3 Å². The van der Waals surface area contributed by atoms with E-state index < -0.39 is 29.0 Å². The number of anilines is 1. The van der Waals surface area contributed by atoms with Crippen LogP contribution in [0, 0.1) is 31.3 Å². The van der Waals surface area contributed by atoms with Crippen molar-refractivity contribution in [3.05, 3.63) is 46.5 Å². The molecule has 1 aliphatic heterocycles. The van der Waals surface area contributed by atoms with E-state index in [4.69, 9.17) is 4.74 Å². The van der Waals surface area contributed by atoms with Crippen molar-refractivity contribution in [2.45, 2.75) is 39.3 Å². The maximum Gasteiger partial charge on any atom is 0.320 e. The van der Waals surface area contributed by atoms with Gasteiger partial charge in [0, 0.05) is 43.1 Å². The lowest BCUT2D eigenvalue weighted by atomic mass is 10.0. The summed E-state index contributed by atoms with van der Waals surface area (Å²) in [6, 6.07) is 2.25. The minimum Gasteiger partial charge on any atom is -0.478 e. The van der Waals surface area contributed by atoms with Crippen LogP contribution in [0.5, 0.6) is 5.88 Å². The van der Waals surface area contributed by atoms with Crippen LogP contribution in [-0.4, -0.2) is 52.1 Å². The molecule has 1 saturated heterocycles. The maximum absolute atomic E-state index is 14.0. The lowest BCUT2D eigenvalue weighted by molar-refractivity contribution is 0.188. The van der Waals surface area contributed by atoms with E-state index in [1.54, 1.807) is 0 Å². The minimum atomic E-state index is -1.65. The van der Waals surface area contributed by atoms with Gasteiger partial charge in [0.15, 0.2) is 23.3 Å². The zero-order valence-electron chi connectivity index (χ0n) is 18.6. The van der Waals surface area contributed by atoms with Crippen molar-refractivity contribution in [2.24, 2.45) is 0 Å². The number of hydrogen-bond acceptors (Lipinski definition) is 5. The van der Waals surface area contributed by atoms with Crippen LogP contribution in [0.3, 0.4) is 0 Å². The highest BCUT2D eigenvalue weighted by molar-refractivity contribution is 5.91. The van der Waals surface area contributed by atoms with Crippen LogP contribution >= 0.6 is 0 Å². The highest BCUT2D eigenvalue weighted by Gasteiger charge is 2.23. The van der Waals surface area contributed by atoms with E-state index in [1.807, 2.05) is 6.92 Å². The van der Waals surface area contributed by atoms with Gasteiger partial charge < -0.3 is 15.0 Å². The first-order chi connectivity index (χ1) is 15.7. The molecule has 3 N–H and O–H groups in total. The predicted molar refractivity (Wildman–Crippen MR) is 117 cm³/mol. The Labute approximate surface area is 188 Å². The van der Waals surface area contributed by atoms with E-state index >= 15 is 0 Å². The van der Waals surface area contributed by atoms with Gasteiger partial charge in [0.2, 0.25) is 0 Å². The van der Waals surface area contributed by atoms with Crippen molar-refractivity contribution in [3.63, 3.8) is 0 Å². The molecule has 1 fully saturated rings. The molecule has 0 bridgehead atoms. The molecule has 3 heterocycles. The van der Waals surface area contributed by atoms with Crippen LogP contribution in [0.2, 0.25) is 0 Å². The first-order valence-electron chi connectivity index (χ1n) is 10.6. The molecular formula is C22H25F3N6O2. The Morgan fingerprint density at radius 2 is 1.91 bits per heavy atom. The Kier molecular flexibility index (Phi) is 6.41. The molecule has 0 unspecified atom stereocenters. The van der Waals surface area contributed by atoms with Gasteiger partial charge in [-0.1, -0.05) is 0 Å². The molecule has 11 heteroatoms. The molecule has 1 aromatic carbocycles. The summed E-state index contributed by atoms with van der Waals surface area (Å²) in [6.07, 6.45) is 1.53. The third-order valence-corrected chi connectivity index (χ3v) is 5.75. The van der Waals surface area contributed by atoms with E-state index in [9.17, 15) is 18.0 Å². The van der Waals surface area contributed by atoms with E-state index in [1.165, 1.54) is 18.4 Å². The second-order valence-corrected chi connectivity index (χ2v) is 8.20. The quantitative estimate of drug-likeness (QED) is 0.502. The standard InChI is InChI=1S/C22H25F3N6O2/c1-11-8-12(2)26-16(11)10-31-6-4-13(5-7-31)27-22(32)30-20-21(33-3)29-19-15(28-20)9-14(23)17(24)18(19)25/h8-9,13,26H,4-7,10H2,1-3H3,(H2,27,28,30,32). The number of aryl methyl sites for hydroxylation is 2. The van der Waals surface area contributed by atoms with Crippen molar-refractivity contribution in [3.8, 4) is 5.88 Å². The number of likely N-dealkylation sites (tertiary alicyclic amines) is 1. The van der Waals surface area contributed by atoms with Gasteiger partial charge in [-0.15, -0.1) is 0 Å². The van der Waals surface area contributed by atoms with Gasteiger partial charge in [0.25, 0.3) is 5.88 Å². The summed E-state index contributed by atoms with van der Waals surface area (Å²) >= 11 is 0. The number of methoxy groups -OCH3 is 1. The zero-order chi connectivity index (χ0) is 23.7. The zero-order valence-corrected chi connectivity index (χ0v) is 18.6. The maximum atomic E-state index is 14.0. The Hall–Kier alpha value is -3.34. The van der Waals surface area contributed by atoms with Crippen LogP contribution in [0.25, 0.3) is 11.0 Å². The number of fused-ring (bicyclic) bond motifs is 1. The van der Waals surface area contributed by atoms with Crippen molar-refractivity contribution in [2.75, 3.05) is 25.5 Å². The Morgan fingerprint density at radius 3 is 2.55 bits per heavy atom. The number of rotatable bonds is 5. The van der Waals surface area contributed by atoms with Crippen LogP contribution in [-0.2, 0) is 6.54 Å². The van der Waals surface area contributed by atoms with Gasteiger partial charge >= 0.3 is 6.03 Å². The number of piperidine rings is 1. The van der Waals surface area contributed by atoms with Gasteiger partial charge in [-0.3, -0.25) is 10.2 Å². The number of nitrogens with one attached hydrogen (secondary N) is 3. The summed E-state index contributed by atoms with van der Waals surface area (Å²) in [4.78, 5) is 26.1. The molecule has 0 aliphatic carbocycles. The number of aromatic amines is 1. The number of carbonyl (C=O) groups is 1. The molecule has 1 aliphatic rings. The van der Waals surface area contributed by atoms with Crippen LogP contribution < -0.4 is 15.4 Å². The normalized spacial score (nSPS) is 15.1. The third kappa shape index (κ3) is 4.87. The lowest BCUT2D eigenvalue weighted by Crippen LogP contribution is -2.45. The van der Waals surface area contributed by atoms with E-state index in [-0.39, 0.29) is 23.3 Å². The molecule has 0 saturated carbocycles. The highest BCUT2D eigenvalue weighted by atomic mass is 19.2. The van der Waals surface area contributed by atoms with Crippen LogP contribution in [0.1, 0.15) is 29.8 Å². The number of hydrogen-bond donors (Lipinski definition) is 3. The molecule has 2 amide bonds. The molecule has 0 spiro atoms. The smallest absolute Gasteiger partial charge is 0.320 e. The fourth-order valence-electron chi connectivity index (χ4n) is 4.05. The number of amides is 2. The second kappa shape index (κ2) is 9.26. The Balaban J connectivity index is 1.38. The molecule has 4 rings (SSSR count). The predicted octanol–water partition coefficient (Wildman–Crippen LogP) is 3.79. The molecule has 2 aromatic heterocycles. The van der Waals surface area contributed by atoms with Crippen molar-refractivity contribution >= 4 is 22.9 Å². The summed E-state index contributed by atoms with van der Waals surface area (Å²) in [5.41, 5.74) is 2.84. The summed E-state index contributed by atoms with van der Waals surface area (Å²) in [5, 5.41) is 5.39. The fourth-order valence-corrected chi connectivity index (χ4v) is 4.05. The highest BCUT2D eigenvalue weighted by Crippen LogP contribution is 2.27. The summed E-state index contributed by atoms with van der Waals surface area (Å²) < 4.78 is 46.1. The number of benzene rings is 1. The number of H-pyrrole nitrogens is 1. The SMILES string of the molecule is COc1nc2c(F)c(F)c(F)cc2nc1NC(=O)NC1CCN(Cc2[nH]c(C)cc2C)CC1. The topological polar surface area (TPSA) is 95.2 Å². The summed E-state index contributed by atoms with van der Waals surface area (Å²) in [6.45, 7) is 6.60. The number of aromatic nitrogens is 3. The fraction of sp³-hybridized carbons (Fsp3) is 0.409. The largest absolute Gasteiger partial charge is 0.478 e. The first-order valence-corrected chi connectivity index (χ1v) is 10.6. The van der Waals surface area contributed by atoms with Gasteiger partial charge in [-0.2, -0.15) is 0 Å². The van der Waals surface area contributed by atoms with E-state index in [2.05, 4.69) is 43.5 Å². The molecule has 0 radical (unpaired) electrons. The Bertz CT molecular complexity index is 1190. The molecule has 3 aromatic rings. The number of carbonyl (C=O) groups excluding carboxylic acids is 1. The van der Waals surface area contributed by atoms with Crippen molar-refractivity contribution in [1.82, 2.24) is 25.2 Å². The number of halogens is 3. The summed E-state index contributed by atoms with van der Waals surface area (Å²) in [5.74, 6) is -4.85. The van der Waals surface area contributed by atoms with Crippen molar-refractivity contribution < 1.29 is 22.7 Å². The van der Waals surface area contributed by atoms with E-state index in [0.717, 1.165) is 38.2 Å². The lowest BCUT2D eigenvalue weighted by Gasteiger charge is -2.32. The molecule has 8 nitrogen and oxygen atoms in total. The van der Waals surface area contributed by atoms with Crippen molar-refractivity contribution in [1.29, 1.82) is 0 Å².